The fraction of sp³-hybridized carbons (Fsp3) is 0.538. The number of aliphatic hydroxyl groups is 1. The molecule has 1 aliphatic rings. The highest BCUT2D eigenvalue weighted by Gasteiger charge is 2.34. The number of sulfonamides is 1. The van der Waals surface area contributed by atoms with Crippen LogP contribution in [0.3, 0.4) is 0 Å². The Morgan fingerprint density at radius 2 is 2.30 bits per heavy atom. The Kier molecular flexibility index (Phi) is 4.70. The largest absolute Gasteiger partial charge is 0.396 e. The maximum Gasteiger partial charge on any atom is 0.244 e. The van der Waals surface area contributed by atoms with Crippen LogP contribution in [0.5, 0.6) is 0 Å². The summed E-state index contributed by atoms with van der Waals surface area (Å²) in [4.78, 5) is 3.93. The van der Waals surface area contributed by atoms with Gasteiger partial charge in [0.25, 0.3) is 0 Å². The van der Waals surface area contributed by atoms with Crippen molar-refractivity contribution >= 4 is 10.0 Å². The van der Waals surface area contributed by atoms with Gasteiger partial charge in [-0.3, -0.25) is 0 Å². The van der Waals surface area contributed by atoms with Gasteiger partial charge in [0.1, 0.15) is 16.7 Å². The quantitative estimate of drug-likeness (QED) is 0.870. The minimum absolute atomic E-state index is 0.0530. The smallest absolute Gasteiger partial charge is 0.244 e. The van der Waals surface area contributed by atoms with Crippen LogP contribution in [0.25, 0.3) is 0 Å². The van der Waals surface area contributed by atoms with Crippen LogP contribution in [0.15, 0.2) is 23.2 Å². The molecule has 0 spiro atoms. The average Bonchev–Trinajstić information content (AvgIpc) is 2.94. The van der Waals surface area contributed by atoms with Crippen LogP contribution in [0.4, 0.5) is 0 Å². The molecule has 1 aromatic heterocycles. The fourth-order valence-corrected chi connectivity index (χ4v) is 4.14. The predicted molar refractivity (Wildman–Crippen MR) is 72.2 cm³/mol. The predicted octanol–water partition coefficient (Wildman–Crippen LogP) is 0.879. The first-order chi connectivity index (χ1) is 9.59. The van der Waals surface area contributed by atoms with E-state index in [1.165, 1.54) is 22.6 Å². The van der Waals surface area contributed by atoms with Crippen LogP contribution in [0.1, 0.15) is 31.4 Å². The van der Waals surface area contributed by atoms with E-state index in [0.717, 1.165) is 12.8 Å². The van der Waals surface area contributed by atoms with Gasteiger partial charge in [0.2, 0.25) is 10.0 Å². The second-order valence-corrected chi connectivity index (χ2v) is 6.66. The molecule has 2 heterocycles. The van der Waals surface area contributed by atoms with Crippen LogP contribution in [0, 0.1) is 11.3 Å². The Bertz CT molecular complexity index is 592. The highest BCUT2D eigenvalue weighted by Crippen LogP contribution is 2.28. The molecule has 1 saturated heterocycles. The van der Waals surface area contributed by atoms with Crippen molar-refractivity contribution in [2.45, 2.75) is 36.6 Å². The molecular weight excluding hydrogens is 278 g/mol. The molecule has 7 heteroatoms. The highest BCUT2D eigenvalue weighted by atomic mass is 32.2. The lowest BCUT2D eigenvalue weighted by Gasteiger charge is -2.23. The van der Waals surface area contributed by atoms with Gasteiger partial charge < -0.3 is 5.11 Å². The zero-order chi connectivity index (χ0) is 14.6. The molecule has 1 N–H and O–H groups in total. The van der Waals surface area contributed by atoms with Crippen molar-refractivity contribution < 1.29 is 13.5 Å². The number of rotatable bonds is 5. The molecule has 0 bridgehead atoms. The highest BCUT2D eigenvalue weighted by molar-refractivity contribution is 7.89. The zero-order valence-corrected chi connectivity index (χ0v) is 11.9. The van der Waals surface area contributed by atoms with E-state index in [-0.39, 0.29) is 23.2 Å². The topological polar surface area (TPSA) is 94.3 Å². The van der Waals surface area contributed by atoms with Crippen molar-refractivity contribution in [3.05, 3.63) is 24.0 Å². The molecular formula is C13H17N3O3S. The van der Waals surface area contributed by atoms with E-state index in [1.54, 1.807) is 0 Å². The molecule has 20 heavy (non-hydrogen) atoms. The summed E-state index contributed by atoms with van der Waals surface area (Å²) in [6, 6.07) is 4.64. The minimum atomic E-state index is -3.56. The second-order valence-electron chi connectivity index (χ2n) is 4.77. The zero-order valence-electron chi connectivity index (χ0n) is 11.1. The summed E-state index contributed by atoms with van der Waals surface area (Å²) in [6.07, 6.45) is 4.15. The summed E-state index contributed by atoms with van der Waals surface area (Å²) in [6.45, 7) is 0.571. The molecule has 1 aliphatic heterocycles. The van der Waals surface area contributed by atoms with E-state index in [2.05, 4.69) is 4.98 Å². The van der Waals surface area contributed by atoms with Crippen molar-refractivity contribution in [3.8, 4) is 6.07 Å². The van der Waals surface area contributed by atoms with Gasteiger partial charge in [0.15, 0.2) is 0 Å². The lowest BCUT2D eigenvalue weighted by molar-refractivity contribution is 0.264. The Hall–Kier alpha value is -1.49. The summed E-state index contributed by atoms with van der Waals surface area (Å²) < 4.78 is 26.6. The summed E-state index contributed by atoms with van der Waals surface area (Å²) in [7, 11) is -3.56. The Morgan fingerprint density at radius 3 is 2.90 bits per heavy atom. The van der Waals surface area contributed by atoms with E-state index < -0.39 is 10.0 Å². The number of aliphatic hydroxyl groups excluding tert-OH is 1. The van der Waals surface area contributed by atoms with Crippen molar-refractivity contribution in [2.24, 2.45) is 0 Å². The van der Waals surface area contributed by atoms with Crippen LogP contribution in [0.2, 0.25) is 0 Å². The number of aromatic nitrogens is 1. The molecule has 1 atom stereocenters. The van der Waals surface area contributed by atoms with Crippen molar-refractivity contribution in [3.63, 3.8) is 0 Å². The van der Waals surface area contributed by atoms with Crippen molar-refractivity contribution in [2.75, 3.05) is 13.2 Å². The van der Waals surface area contributed by atoms with Crippen LogP contribution >= 0.6 is 0 Å². The monoisotopic (exact) mass is 295 g/mol. The number of nitriles is 1. The van der Waals surface area contributed by atoms with E-state index in [4.69, 9.17) is 10.4 Å². The SMILES string of the molecule is N#Cc1ccc(S(=O)(=O)N2CCCC2CCCO)cn1. The summed E-state index contributed by atoms with van der Waals surface area (Å²) in [5.41, 5.74) is 0.196. The van der Waals surface area contributed by atoms with E-state index in [0.29, 0.717) is 19.4 Å². The van der Waals surface area contributed by atoms with Crippen molar-refractivity contribution in [1.82, 2.24) is 9.29 Å². The third-order valence-corrected chi connectivity index (χ3v) is 5.41. The first kappa shape index (κ1) is 14.9. The van der Waals surface area contributed by atoms with Gasteiger partial charge in [-0.1, -0.05) is 0 Å². The molecule has 108 valence electrons. The molecule has 0 aliphatic carbocycles. The Morgan fingerprint density at radius 1 is 1.50 bits per heavy atom. The van der Waals surface area contributed by atoms with Gasteiger partial charge in [0, 0.05) is 25.4 Å². The third-order valence-electron chi connectivity index (χ3n) is 3.48. The summed E-state index contributed by atoms with van der Waals surface area (Å²) in [5, 5.41) is 17.6. The van der Waals surface area contributed by atoms with E-state index >= 15 is 0 Å². The average molecular weight is 295 g/mol. The van der Waals surface area contributed by atoms with E-state index in [1.807, 2.05) is 6.07 Å². The molecule has 0 saturated carbocycles. The Labute approximate surface area is 118 Å². The molecule has 2 rings (SSSR count). The lowest BCUT2D eigenvalue weighted by Crippen LogP contribution is -2.35. The number of hydrogen-bond donors (Lipinski definition) is 1. The molecule has 0 radical (unpaired) electrons. The second kappa shape index (κ2) is 6.31. The third kappa shape index (κ3) is 2.98. The van der Waals surface area contributed by atoms with Crippen molar-refractivity contribution in [1.29, 1.82) is 5.26 Å². The number of hydrogen-bond acceptors (Lipinski definition) is 5. The minimum Gasteiger partial charge on any atom is -0.396 e. The molecule has 1 fully saturated rings. The van der Waals surface area contributed by atoms with Gasteiger partial charge in [-0.05, 0) is 37.8 Å². The summed E-state index contributed by atoms with van der Waals surface area (Å²) in [5.74, 6) is 0. The first-order valence-corrected chi connectivity index (χ1v) is 8.02. The normalized spacial score (nSPS) is 19.9. The first-order valence-electron chi connectivity index (χ1n) is 6.58. The fourth-order valence-electron chi connectivity index (χ4n) is 2.48. The molecule has 1 aromatic rings. The maximum absolute atomic E-state index is 12.5. The van der Waals surface area contributed by atoms with Crippen LogP contribution < -0.4 is 0 Å². The van der Waals surface area contributed by atoms with Crippen LogP contribution in [-0.2, 0) is 10.0 Å². The number of nitrogens with zero attached hydrogens (tertiary/aromatic N) is 3. The standard InChI is InChI=1S/C13H17N3O3S/c14-9-11-5-6-13(10-15-11)20(18,19)16-7-1-3-12(16)4-2-8-17/h5-6,10,12,17H,1-4,7-8H2. The van der Waals surface area contributed by atoms with Gasteiger partial charge in [0.05, 0.1) is 0 Å². The Balaban J connectivity index is 2.22. The lowest BCUT2D eigenvalue weighted by atomic mass is 10.1. The van der Waals surface area contributed by atoms with Gasteiger partial charge in [-0.25, -0.2) is 13.4 Å². The van der Waals surface area contributed by atoms with Gasteiger partial charge in [-0.15, -0.1) is 0 Å². The van der Waals surface area contributed by atoms with Crippen LogP contribution in [-0.4, -0.2) is 42.0 Å². The maximum atomic E-state index is 12.5. The molecule has 0 aromatic carbocycles. The van der Waals surface area contributed by atoms with E-state index in [9.17, 15) is 8.42 Å². The molecule has 1 unspecified atom stereocenters. The van der Waals surface area contributed by atoms with Gasteiger partial charge >= 0.3 is 0 Å². The summed E-state index contributed by atoms with van der Waals surface area (Å²) >= 11 is 0. The molecule has 0 amide bonds. The van der Waals surface area contributed by atoms with Gasteiger partial charge in [-0.2, -0.15) is 9.57 Å². The number of pyridine rings is 1. The molecule has 6 nitrogen and oxygen atoms in total.